The van der Waals surface area contributed by atoms with Gasteiger partial charge in [-0.25, -0.2) is 9.59 Å². The molecule has 0 amide bonds. The summed E-state index contributed by atoms with van der Waals surface area (Å²) in [5.41, 5.74) is 0.371. The van der Waals surface area contributed by atoms with Gasteiger partial charge in [-0.3, -0.25) is 0 Å². The zero-order valence-electron chi connectivity index (χ0n) is 12.6. The largest absolute Gasteiger partial charge is 0.479 e. The summed E-state index contributed by atoms with van der Waals surface area (Å²) in [5.74, 6) is -0.233. The predicted molar refractivity (Wildman–Crippen MR) is 85.0 cm³/mol. The first kappa shape index (κ1) is 16.8. The van der Waals surface area contributed by atoms with E-state index in [0.717, 1.165) is 0 Å². The Morgan fingerprint density at radius 1 is 1.04 bits per heavy atom. The highest BCUT2D eigenvalue weighted by atomic mass is 35.5. The standard InChI is InChI=1S/C17H15ClO5/c1-11(22-15-5-3-4-13(18)10-15)16(19)23-14-8-6-12(7-9-14)17(20)21-2/h3-11H,1-2H3. The molecule has 0 aliphatic heterocycles. The van der Waals surface area contributed by atoms with E-state index < -0.39 is 18.0 Å². The average molecular weight is 335 g/mol. The van der Waals surface area contributed by atoms with Crippen molar-refractivity contribution in [1.82, 2.24) is 0 Å². The minimum absolute atomic E-state index is 0.309. The SMILES string of the molecule is COC(=O)c1ccc(OC(=O)C(C)Oc2cccc(Cl)c2)cc1. The summed E-state index contributed by atoms with van der Waals surface area (Å²) in [6.45, 7) is 1.58. The van der Waals surface area contributed by atoms with Crippen molar-refractivity contribution in [3.05, 3.63) is 59.1 Å². The zero-order valence-corrected chi connectivity index (χ0v) is 13.4. The molecule has 0 fully saturated rings. The van der Waals surface area contributed by atoms with Gasteiger partial charge in [-0.2, -0.15) is 0 Å². The van der Waals surface area contributed by atoms with E-state index in [2.05, 4.69) is 4.74 Å². The predicted octanol–water partition coefficient (Wildman–Crippen LogP) is 3.50. The molecule has 2 rings (SSSR count). The van der Waals surface area contributed by atoms with Crippen LogP contribution in [0.5, 0.6) is 11.5 Å². The van der Waals surface area contributed by atoms with Crippen LogP contribution >= 0.6 is 11.6 Å². The molecule has 0 N–H and O–H groups in total. The summed E-state index contributed by atoms with van der Waals surface area (Å²) in [5, 5.41) is 0.515. The number of hydrogen-bond acceptors (Lipinski definition) is 5. The number of carbonyl (C=O) groups excluding carboxylic acids is 2. The number of methoxy groups -OCH3 is 1. The second-order valence-corrected chi connectivity index (χ2v) is 5.09. The summed E-state index contributed by atoms with van der Waals surface area (Å²) in [4.78, 5) is 23.3. The van der Waals surface area contributed by atoms with E-state index in [1.165, 1.54) is 31.4 Å². The maximum absolute atomic E-state index is 12.0. The molecule has 23 heavy (non-hydrogen) atoms. The molecular weight excluding hydrogens is 320 g/mol. The van der Waals surface area contributed by atoms with Gasteiger partial charge in [0.05, 0.1) is 12.7 Å². The van der Waals surface area contributed by atoms with Gasteiger partial charge in [0.2, 0.25) is 0 Å². The van der Waals surface area contributed by atoms with Crippen LogP contribution in [-0.2, 0) is 9.53 Å². The van der Waals surface area contributed by atoms with Crippen molar-refractivity contribution in [2.45, 2.75) is 13.0 Å². The molecule has 5 nitrogen and oxygen atoms in total. The van der Waals surface area contributed by atoms with Crippen LogP contribution in [0.25, 0.3) is 0 Å². The molecule has 0 aromatic heterocycles. The summed E-state index contributed by atoms with van der Waals surface area (Å²) in [6, 6.07) is 12.8. The third-order valence-corrected chi connectivity index (χ3v) is 3.17. The Hall–Kier alpha value is -2.53. The van der Waals surface area contributed by atoms with Gasteiger partial charge in [0.25, 0.3) is 0 Å². The van der Waals surface area contributed by atoms with E-state index in [0.29, 0.717) is 22.1 Å². The van der Waals surface area contributed by atoms with Crippen LogP contribution in [0.2, 0.25) is 5.02 Å². The number of rotatable bonds is 5. The van der Waals surface area contributed by atoms with E-state index in [9.17, 15) is 9.59 Å². The number of benzene rings is 2. The maximum Gasteiger partial charge on any atom is 0.352 e. The van der Waals surface area contributed by atoms with Crippen molar-refractivity contribution in [1.29, 1.82) is 0 Å². The Labute approximate surface area is 138 Å². The summed E-state index contributed by atoms with van der Waals surface area (Å²) in [7, 11) is 1.30. The van der Waals surface area contributed by atoms with Crippen molar-refractivity contribution in [2.75, 3.05) is 7.11 Å². The highest BCUT2D eigenvalue weighted by Crippen LogP contribution is 2.19. The topological polar surface area (TPSA) is 61.8 Å². The third-order valence-electron chi connectivity index (χ3n) is 2.93. The molecule has 0 radical (unpaired) electrons. The Kier molecular flexibility index (Phi) is 5.60. The number of halogens is 1. The van der Waals surface area contributed by atoms with Crippen molar-refractivity contribution in [3.8, 4) is 11.5 Å². The van der Waals surface area contributed by atoms with Crippen LogP contribution in [-0.4, -0.2) is 25.2 Å². The lowest BCUT2D eigenvalue weighted by atomic mass is 10.2. The molecule has 0 spiro atoms. The number of ether oxygens (including phenoxy) is 3. The fourth-order valence-corrected chi connectivity index (χ4v) is 1.95. The zero-order chi connectivity index (χ0) is 16.8. The monoisotopic (exact) mass is 334 g/mol. The van der Waals surface area contributed by atoms with E-state index >= 15 is 0 Å². The van der Waals surface area contributed by atoms with Gasteiger partial charge in [0.1, 0.15) is 11.5 Å². The second-order valence-electron chi connectivity index (χ2n) is 4.65. The molecule has 120 valence electrons. The van der Waals surface area contributed by atoms with Crippen molar-refractivity contribution < 1.29 is 23.8 Å². The lowest BCUT2D eigenvalue weighted by Crippen LogP contribution is -2.28. The lowest BCUT2D eigenvalue weighted by molar-refractivity contribution is -0.141. The normalized spacial score (nSPS) is 11.4. The van der Waals surface area contributed by atoms with E-state index in [1.807, 2.05) is 0 Å². The smallest absolute Gasteiger partial charge is 0.352 e. The first-order chi connectivity index (χ1) is 11.0. The molecule has 2 aromatic rings. The first-order valence-corrected chi connectivity index (χ1v) is 7.19. The number of carbonyl (C=O) groups is 2. The quantitative estimate of drug-likeness (QED) is 0.618. The molecule has 0 bridgehead atoms. The molecule has 0 heterocycles. The highest BCUT2D eigenvalue weighted by molar-refractivity contribution is 6.30. The number of hydrogen-bond donors (Lipinski definition) is 0. The molecule has 0 saturated carbocycles. The molecular formula is C17H15ClO5. The van der Waals surface area contributed by atoms with E-state index in [4.69, 9.17) is 21.1 Å². The van der Waals surface area contributed by atoms with Crippen molar-refractivity contribution in [2.24, 2.45) is 0 Å². The van der Waals surface area contributed by atoms with Crippen LogP contribution in [0.3, 0.4) is 0 Å². The molecule has 0 saturated heterocycles. The van der Waals surface area contributed by atoms with Crippen LogP contribution < -0.4 is 9.47 Å². The highest BCUT2D eigenvalue weighted by Gasteiger charge is 2.17. The Bertz CT molecular complexity index is 696. The Balaban J connectivity index is 1.96. The minimum atomic E-state index is -0.811. The van der Waals surface area contributed by atoms with Crippen LogP contribution in [0.4, 0.5) is 0 Å². The maximum atomic E-state index is 12.0. The fourth-order valence-electron chi connectivity index (χ4n) is 1.77. The summed E-state index contributed by atoms with van der Waals surface area (Å²) >= 11 is 5.86. The van der Waals surface area contributed by atoms with Crippen LogP contribution in [0.1, 0.15) is 17.3 Å². The summed E-state index contributed by atoms with van der Waals surface area (Å²) < 4.78 is 15.3. The fraction of sp³-hybridized carbons (Fsp3) is 0.176. The molecule has 0 aliphatic rings. The van der Waals surface area contributed by atoms with Gasteiger partial charge in [-0.15, -0.1) is 0 Å². The van der Waals surface area contributed by atoms with Gasteiger partial charge in [-0.05, 0) is 49.4 Å². The van der Waals surface area contributed by atoms with Gasteiger partial charge >= 0.3 is 11.9 Å². The third kappa shape index (κ3) is 4.72. The summed E-state index contributed by atoms with van der Waals surface area (Å²) in [6.07, 6.45) is -0.811. The van der Waals surface area contributed by atoms with Gasteiger partial charge in [-0.1, -0.05) is 17.7 Å². The second kappa shape index (κ2) is 7.65. The van der Waals surface area contributed by atoms with Crippen molar-refractivity contribution >= 4 is 23.5 Å². The van der Waals surface area contributed by atoms with E-state index in [1.54, 1.807) is 31.2 Å². The lowest BCUT2D eigenvalue weighted by Gasteiger charge is -2.14. The van der Waals surface area contributed by atoms with Gasteiger partial charge < -0.3 is 14.2 Å². The number of esters is 2. The van der Waals surface area contributed by atoms with E-state index in [-0.39, 0.29) is 0 Å². The van der Waals surface area contributed by atoms with Gasteiger partial charge in [0, 0.05) is 5.02 Å². The average Bonchev–Trinajstić information content (AvgIpc) is 2.54. The Morgan fingerprint density at radius 2 is 1.74 bits per heavy atom. The van der Waals surface area contributed by atoms with Crippen LogP contribution in [0, 0.1) is 0 Å². The molecule has 1 atom stereocenters. The van der Waals surface area contributed by atoms with Crippen LogP contribution in [0.15, 0.2) is 48.5 Å². The minimum Gasteiger partial charge on any atom is -0.479 e. The molecule has 2 aromatic carbocycles. The molecule has 0 aliphatic carbocycles. The van der Waals surface area contributed by atoms with Crippen molar-refractivity contribution in [3.63, 3.8) is 0 Å². The Morgan fingerprint density at radius 3 is 2.35 bits per heavy atom. The van der Waals surface area contributed by atoms with Gasteiger partial charge in [0.15, 0.2) is 6.10 Å². The molecule has 6 heteroatoms. The first-order valence-electron chi connectivity index (χ1n) is 6.82. The molecule has 1 unspecified atom stereocenters.